The first-order valence-corrected chi connectivity index (χ1v) is 11.1. The fourth-order valence-corrected chi connectivity index (χ4v) is 4.11. The zero-order valence-electron chi connectivity index (χ0n) is 18.8. The maximum Gasteiger partial charge on any atom is 0.251 e. The van der Waals surface area contributed by atoms with Crippen molar-refractivity contribution in [2.75, 3.05) is 4.90 Å². The van der Waals surface area contributed by atoms with Gasteiger partial charge in [-0.05, 0) is 48.1 Å². The van der Waals surface area contributed by atoms with Crippen LogP contribution in [0.25, 0.3) is 0 Å². The minimum Gasteiger partial charge on any atom is -0.351 e. The molecular weight excluding hydrogens is 386 g/mol. The van der Waals surface area contributed by atoms with Crippen LogP contribution in [0.15, 0.2) is 61.4 Å². The first-order chi connectivity index (χ1) is 14.8. The predicted octanol–water partition coefficient (Wildman–Crippen LogP) is 5.09. The molecule has 0 aliphatic heterocycles. The van der Waals surface area contributed by atoms with Crippen molar-refractivity contribution in [3.8, 4) is 0 Å². The molecule has 1 atom stereocenters. The number of nitrogens with one attached hydrogen (secondary N) is 1. The van der Waals surface area contributed by atoms with Crippen LogP contribution < -0.4 is 10.2 Å². The van der Waals surface area contributed by atoms with Gasteiger partial charge < -0.3 is 5.32 Å². The summed E-state index contributed by atoms with van der Waals surface area (Å²) < 4.78 is 0. The van der Waals surface area contributed by atoms with E-state index in [4.69, 9.17) is 0 Å². The van der Waals surface area contributed by atoms with Gasteiger partial charge in [0.25, 0.3) is 5.91 Å². The predicted molar refractivity (Wildman–Crippen MR) is 125 cm³/mol. The molecule has 31 heavy (non-hydrogen) atoms. The Kier molecular flexibility index (Phi) is 7.26. The van der Waals surface area contributed by atoms with Gasteiger partial charge in [0.15, 0.2) is 0 Å². The van der Waals surface area contributed by atoms with Gasteiger partial charge in [0.05, 0.1) is 0 Å². The van der Waals surface area contributed by atoms with Crippen molar-refractivity contribution in [2.45, 2.75) is 70.4 Å². The Morgan fingerprint density at radius 2 is 1.81 bits per heavy atom. The van der Waals surface area contributed by atoms with Crippen LogP contribution in [0.2, 0.25) is 0 Å². The number of hydrogen-bond donors (Lipinski definition) is 1. The fourth-order valence-electron chi connectivity index (χ4n) is 4.11. The Morgan fingerprint density at radius 1 is 1.13 bits per heavy atom. The number of nitrogens with zero attached hydrogens (tertiary/aromatic N) is 2. The van der Waals surface area contributed by atoms with Gasteiger partial charge in [-0.25, -0.2) is 0 Å². The summed E-state index contributed by atoms with van der Waals surface area (Å²) in [7, 11) is 0. The Labute approximate surface area is 185 Å². The molecule has 0 unspecified atom stereocenters. The Balaban J connectivity index is 2.00. The van der Waals surface area contributed by atoms with E-state index in [0.717, 1.165) is 31.2 Å². The lowest BCUT2D eigenvalue weighted by Crippen LogP contribution is -2.47. The van der Waals surface area contributed by atoms with E-state index in [0.29, 0.717) is 11.3 Å². The second kappa shape index (κ2) is 9.90. The largest absolute Gasteiger partial charge is 0.351 e. The van der Waals surface area contributed by atoms with Crippen molar-refractivity contribution < 1.29 is 9.59 Å². The van der Waals surface area contributed by atoms with Crippen LogP contribution in [-0.4, -0.2) is 22.8 Å². The third kappa shape index (κ3) is 5.60. The van der Waals surface area contributed by atoms with Gasteiger partial charge in [0, 0.05) is 29.7 Å². The number of anilines is 1. The molecule has 2 amide bonds. The van der Waals surface area contributed by atoms with E-state index in [1.165, 1.54) is 17.4 Å². The van der Waals surface area contributed by atoms with Gasteiger partial charge in [0.2, 0.25) is 5.91 Å². The van der Waals surface area contributed by atoms with E-state index in [1.807, 2.05) is 30.3 Å². The van der Waals surface area contributed by atoms with E-state index in [1.54, 1.807) is 18.5 Å². The molecule has 1 aliphatic rings. The molecule has 3 rings (SSSR count). The summed E-state index contributed by atoms with van der Waals surface area (Å²) in [6, 6.07) is 10.8. The molecular formula is C26H33N3O2. The first-order valence-electron chi connectivity index (χ1n) is 11.1. The van der Waals surface area contributed by atoms with Crippen LogP contribution in [0.1, 0.15) is 70.0 Å². The summed E-state index contributed by atoms with van der Waals surface area (Å²) in [5, 5.41) is 3.19. The smallest absolute Gasteiger partial charge is 0.251 e. The van der Waals surface area contributed by atoms with E-state index >= 15 is 0 Å². The standard InChI is InChI=1S/C26H33N3O2/c1-5-23(30)29(22-15-13-20(14-16-22)26(2,3)4)24(19-10-9-17-27-18-19)25(31)28-21-11-7-6-8-12-21/h5,9-10,13-18,21,24H,1,6-8,11-12H2,2-4H3,(H,28,31)/t24-/m1/s1. The normalized spacial score (nSPS) is 15.7. The summed E-state index contributed by atoms with van der Waals surface area (Å²) in [4.78, 5) is 32.2. The average molecular weight is 420 g/mol. The highest BCUT2D eigenvalue weighted by Crippen LogP contribution is 2.31. The maximum atomic E-state index is 13.5. The highest BCUT2D eigenvalue weighted by molar-refractivity contribution is 6.06. The first kappa shape index (κ1) is 22.7. The number of pyridine rings is 1. The Hall–Kier alpha value is -2.95. The summed E-state index contributed by atoms with van der Waals surface area (Å²) in [6.45, 7) is 10.1. The Morgan fingerprint density at radius 3 is 2.35 bits per heavy atom. The molecule has 1 fully saturated rings. The zero-order valence-corrected chi connectivity index (χ0v) is 18.8. The molecule has 0 saturated heterocycles. The number of rotatable bonds is 6. The van der Waals surface area contributed by atoms with Gasteiger partial charge in [-0.2, -0.15) is 0 Å². The van der Waals surface area contributed by atoms with Crippen LogP contribution in [0, 0.1) is 0 Å². The zero-order chi connectivity index (χ0) is 22.4. The molecule has 5 heteroatoms. The van der Waals surface area contributed by atoms with Gasteiger partial charge in [-0.15, -0.1) is 0 Å². The van der Waals surface area contributed by atoms with Crippen molar-refractivity contribution in [3.63, 3.8) is 0 Å². The summed E-state index contributed by atoms with van der Waals surface area (Å²) >= 11 is 0. The van der Waals surface area contributed by atoms with E-state index in [9.17, 15) is 9.59 Å². The highest BCUT2D eigenvalue weighted by atomic mass is 16.2. The topological polar surface area (TPSA) is 62.3 Å². The second-order valence-corrected chi connectivity index (χ2v) is 9.24. The van der Waals surface area contributed by atoms with Crippen molar-refractivity contribution in [2.24, 2.45) is 0 Å². The van der Waals surface area contributed by atoms with Crippen LogP contribution in [-0.2, 0) is 15.0 Å². The molecule has 2 aromatic rings. The third-order valence-electron chi connectivity index (χ3n) is 5.88. The Bertz CT molecular complexity index is 894. The van der Waals surface area contributed by atoms with Gasteiger partial charge in [-0.1, -0.05) is 64.8 Å². The number of amides is 2. The van der Waals surface area contributed by atoms with Crippen molar-refractivity contribution in [3.05, 3.63) is 72.6 Å². The molecule has 1 aromatic heterocycles. The number of carbonyl (C=O) groups excluding carboxylic acids is 2. The van der Waals surface area contributed by atoms with Gasteiger partial charge >= 0.3 is 0 Å². The molecule has 1 aromatic carbocycles. The maximum absolute atomic E-state index is 13.5. The van der Waals surface area contributed by atoms with Crippen molar-refractivity contribution in [1.29, 1.82) is 0 Å². The van der Waals surface area contributed by atoms with E-state index in [2.05, 4.69) is 37.7 Å². The third-order valence-corrected chi connectivity index (χ3v) is 5.88. The monoisotopic (exact) mass is 419 g/mol. The fraction of sp³-hybridized carbons (Fsp3) is 0.423. The van der Waals surface area contributed by atoms with Crippen molar-refractivity contribution >= 4 is 17.5 Å². The van der Waals surface area contributed by atoms with Crippen LogP contribution in [0.3, 0.4) is 0 Å². The number of carbonyl (C=O) groups is 2. The van der Waals surface area contributed by atoms with Gasteiger partial charge in [0.1, 0.15) is 6.04 Å². The lowest BCUT2D eigenvalue weighted by atomic mass is 9.87. The number of hydrogen-bond acceptors (Lipinski definition) is 3. The molecule has 1 heterocycles. The molecule has 0 bridgehead atoms. The number of benzene rings is 1. The summed E-state index contributed by atoms with van der Waals surface area (Å²) in [5.74, 6) is -0.508. The molecule has 1 aliphatic carbocycles. The molecule has 0 spiro atoms. The average Bonchev–Trinajstić information content (AvgIpc) is 2.77. The highest BCUT2D eigenvalue weighted by Gasteiger charge is 2.33. The molecule has 5 nitrogen and oxygen atoms in total. The van der Waals surface area contributed by atoms with E-state index < -0.39 is 6.04 Å². The van der Waals surface area contributed by atoms with Crippen LogP contribution in [0.5, 0.6) is 0 Å². The molecule has 164 valence electrons. The summed E-state index contributed by atoms with van der Waals surface area (Å²) in [6.07, 6.45) is 9.96. The lowest BCUT2D eigenvalue weighted by molar-refractivity contribution is -0.126. The summed E-state index contributed by atoms with van der Waals surface area (Å²) in [5.41, 5.74) is 2.48. The van der Waals surface area contributed by atoms with Gasteiger partial charge in [-0.3, -0.25) is 19.5 Å². The quantitative estimate of drug-likeness (QED) is 0.664. The lowest BCUT2D eigenvalue weighted by Gasteiger charge is -2.33. The SMILES string of the molecule is C=CC(=O)N(c1ccc(C(C)(C)C)cc1)[C@@H](C(=O)NC1CCCCC1)c1cccnc1. The number of aromatic nitrogens is 1. The second-order valence-electron chi connectivity index (χ2n) is 9.24. The minimum atomic E-state index is -0.818. The minimum absolute atomic E-state index is 0.00703. The molecule has 1 saturated carbocycles. The molecule has 0 radical (unpaired) electrons. The van der Waals surface area contributed by atoms with Crippen LogP contribution in [0.4, 0.5) is 5.69 Å². The van der Waals surface area contributed by atoms with Crippen molar-refractivity contribution in [1.82, 2.24) is 10.3 Å². The van der Waals surface area contributed by atoms with Crippen LogP contribution >= 0.6 is 0 Å². The van der Waals surface area contributed by atoms with E-state index in [-0.39, 0.29) is 23.3 Å². The molecule has 1 N–H and O–H groups in total.